The van der Waals surface area contributed by atoms with Crippen LogP contribution in [0, 0.1) is 6.92 Å². The highest BCUT2D eigenvalue weighted by atomic mass is 16.5. The van der Waals surface area contributed by atoms with E-state index in [-0.39, 0.29) is 5.91 Å². The molecule has 0 aliphatic heterocycles. The molecule has 3 rings (SSSR count). The normalized spacial score (nSPS) is 13.3. The van der Waals surface area contributed by atoms with Crippen molar-refractivity contribution in [2.75, 3.05) is 13.2 Å². The van der Waals surface area contributed by atoms with E-state index >= 15 is 0 Å². The zero-order valence-corrected chi connectivity index (χ0v) is 13.6. The molecule has 120 valence electrons. The van der Waals surface area contributed by atoms with E-state index in [1.165, 1.54) is 24.0 Å². The minimum Gasteiger partial charge on any atom is -0.491 e. The van der Waals surface area contributed by atoms with Crippen LogP contribution in [0.15, 0.2) is 42.5 Å². The molecule has 0 aromatic heterocycles. The summed E-state index contributed by atoms with van der Waals surface area (Å²) >= 11 is 0. The average Bonchev–Trinajstić information content (AvgIpc) is 2.59. The van der Waals surface area contributed by atoms with Gasteiger partial charge in [0.15, 0.2) is 0 Å². The Morgan fingerprint density at radius 3 is 2.78 bits per heavy atom. The second-order valence-corrected chi connectivity index (χ2v) is 6.02. The van der Waals surface area contributed by atoms with Crippen molar-refractivity contribution in [2.24, 2.45) is 0 Å². The van der Waals surface area contributed by atoms with Crippen LogP contribution in [0.25, 0.3) is 0 Å². The maximum atomic E-state index is 12.1. The van der Waals surface area contributed by atoms with Gasteiger partial charge in [0.25, 0.3) is 5.91 Å². The molecular formula is C20H23NO2. The molecule has 3 heteroatoms. The molecule has 3 nitrogen and oxygen atoms in total. The number of hydrogen-bond donors (Lipinski definition) is 1. The van der Waals surface area contributed by atoms with E-state index in [1.807, 2.05) is 37.3 Å². The maximum absolute atomic E-state index is 12.1. The fourth-order valence-electron chi connectivity index (χ4n) is 3.13. The van der Waals surface area contributed by atoms with Gasteiger partial charge in [-0.15, -0.1) is 0 Å². The summed E-state index contributed by atoms with van der Waals surface area (Å²) in [4.78, 5) is 12.1. The molecule has 1 aliphatic rings. The molecule has 0 fully saturated rings. The lowest BCUT2D eigenvalue weighted by Crippen LogP contribution is -2.28. The van der Waals surface area contributed by atoms with Crippen LogP contribution in [0.1, 0.15) is 39.9 Å². The van der Waals surface area contributed by atoms with Crippen molar-refractivity contribution in [3.05, 3.63) is 64.7 Å². The molecule has 0 saturated heterocycles. The summed E-state index contributed by atoms with van der Waals surface area (Å²) in [5.74, 6) is 0.939. The first kappa shape index (κ1) is 15.6. The van der Waals surface area contributed by atoms with Crippen molar-refractivity contribution in [3.8, 4) is 5.75 Å². The minimum absolute atomic E-state index is 0.0400. The van der Waals surface area contributed by atoms with Crippen LogP contribution >= 0.6 is 0 Å². The number of amides is 1. The molecule has 0 saturated carbocycles. The Bertz CT molecular complexity index is 694. The smallest absolute Gasteiger partial charge is 0.251 e. The highest BCUT2D eigenvalue weighted by Crippen LogP contribution is 2.29. The van der Waals surface area contributed by atoms with E-state index in [0.717, 1.165) is 29.7 Å². The predicted molar refractivity (Wildman–Crippen MR) is 92.1 cm³/mol. The highest BCUT2D eigenvalue weighted by Gasteiger charge is 2.13. The summed E-state index contributed by atoms with van der Waals surface area (Å²) in [6.07, 6.45) is 4.75. The molecular weight excluding hydrogens is 286 g/mol. The number of ether oxygens (including phenoxy) is 1. The van der Waals surface area contributed by atoms with Crippen molar-refractivity contribution in [2.45, 2.75) is 32.6 Å². The highest BCUT2D eigenvalue weighted by molar-refractivity contribution is 5.95. The Hall–Kier alpha value is -2.29. The second kappa shape index (κ2) is 7.32. The van der Waals surface area contributed by atoms with Crippen LogP contribution in [-0.4, -0.2) is 19.1 Å². The second-order valence-electron chi connectivity index (χ2n) is 6.02. The molecule has 1 N–H and O–H groups in total. The summed E-state index contributed by atoms with van der Waals surface area (Å²) in [5, 5.41) is 2.93. The third kappa shape index (κ3) is 3.73. The number of rotatable bonds is 5. The summed E-state index contributed by atoms with van der Waals surface area (Å²) < 4.78 is 5.91. The third-order valence-electron chi connectivity index (χ3n) is 4.39. The molecule has 23 heavy (non-hydrogen) atoms. The number of hydrogen-bond acceptors (Lipinski definition) is 2. The van der Waals surface area contributed by atoms with Gasteiger partial charge in [0.05, 0.1) is 6.54 Å². The quantitative estimate of drug-likeness (QED) is 0.856. The van der Waals surface area contributed by atoms with Gasteiger partial charge in [-0.05, 0) is 61.4 Å². The zero-order chi connectivity index (χ0) is 16.1. The standard InChI is InChI=1S/C20H23NO2/c1-15-7-2-4-10-17(15)20(22)21-13-14-23-19-12-6-9-16-8-3-5-11-18(16)19/h2,4,6-7,9-10,12H,3,5,8,11,13-14H2,1H3,(H,21,22). The molecule has 2 aromatic rings. The van der Waals surface area contributed by atoms with E-state index in [1.54, 1.807) is 0 Å². The van der Waals surface area contributed by atoms with Gasteiger partial charge >= 0.3 is 0 Å². The van der Waals surface area contributed by atoms with Crippen LogP contribution in [0.4, 0.5) is 0 Å². The Morgan fingerprint density at radius 2 is 1.91 bits per heavy atom. The molecule has 0 bridgehead atoms. The Balaban J connectivity index is 1.53. The van der Waals surface area contributed by atoms with Gasteiger partial charge in [-0.25, -0.2) is 0 Å². The Morgan fingerprint density at radius 1 is 1.09 bits per heavy atom. The van der Waals surface area contributed by atoms with Crippen molar-refractivity contribution in [1.29, 1.82) is 0 Å². The van der Waals surface area contributed by atoms with Crippen LogP contribution in [0.3, 0.4) is 0 Å². The van der Waals surface area contributed by atoms with Crippen LogP contribution in [-0.2, 0) is 12.8 Å². The number of carbonyl (C=O) groups excluding carboxylic acids is 1. The van der Waals surface area contributed by atoms with Crippen LogP contribution < -0.4 is 10.1 Å². The monoisotopic (exact) mass is 309 g/mol. The lowest BCUT2D eigenvalue weighted by molar-refractivity contribution is 0.0946. The fourth-order valence-corrected chi connectivity index (χ4v) is 3.13. The van der Waals surface area contributed by atoms with Gasteiger partial charge in [0.1, 0.15) is 12.4 Å². The lowest BCUT2D eigenvalue weighted by atomic mass is 9.91. The molecule has 1 aliphatic carbocycles. The molecule has 0 unspecified atom stereocenters. The van der Waals surface area contributed by atoms with Crippen LogP contribution in [0.2, 0.25) is 0 Å². The average molecular weight is 309 g/mol. The Labute approximate surface area is 137 Å². The molecule has 2 aromatic carbocycles. The minimum atomic E-state index is -0.0400. The first-order chi connectivity index (χ1) is 11.3. The van der Waals surface area contributed by atoms with Gasteiger partial charge in [-0.1, -0.05) is 30.3 Å². The molecule has 0 spiro atoms. The van der Waals surface area contributed by atoms with Gasteiger partial charge < -0.3 is 10.1 Å². The zero-order valence-electron chi connectivity index (χ0n) is 13.6. The SMILES string of the molecule is Cc1ccccc1C(=O)NCCOc1cccc2c1CCCC2. The van der Waals surface area contributed by atoms with E-state index in [0.29, 0.717) is 13.2 Å². The number of aryl methyl sites for hydroxylation is 2. The fraction of sp³-hybridized carbons (Fsp3) is 0.350. The maximum Gasteiger partial charge on any atom is 0.251 e. The predicted octanol–water partition coefficient (Wildman–Crippen LogP) is 3.68. The van der Waals surface area contributed by atoms with Gasteiger partial charge in [0, 0.05) is 5.56 Å². The first-order valence-electron chi connectivity index (χ1n) is 8.33. The summed E-state index contributed by atoms with van der Waals surface area (Å²) in [6, 6.07) is 13.9. The van der Waals surface area contributed by atoms with Crippen LogP contribution in [0.5, 0.6) is 5.75 Å². The largest absolute Gasteiger partial charge is 0.491 e. The van der Waals surface area contributed by atoms with E-state index < -0.39 is 0 Å². The molecule has 0 heterocycles. The van der Waals surface area contributed by atoms with Crippen molar-refractivity contribution >= 4 is 5.91 Å². The lowest BCUT2D eigenvalue weighted by Gasteiger charge is -2.19. The number of nitrogens with one attached hydrogen (secondary N) is 1. The van der Waals surface area contributed by atoms with Crippen molar-refractivity contribution in [3.63, 3.8) is 0 Å². The Kier molecular flexibility index (Phi) is 4.96. The van der Waals surface area contributed by atoms with E-state index in [4.69, 9.17) is 4.74 Å². The number of carbonyl (C=O) groups is 1. The topological polar surface area (TPSA) is 38.3 Å². The third-order valence-corrected chi connectivity index (χ3v) is 4.39. The van der Waals surface area contributed by atoms with Gasteiger partial charge in [-0.3, -0.25) is 4.79 Å². The first-order valence-corrected chi connectivity index (χ1v) is 8.33. The van der Waals surface area contributed by atoms with Gasteiger partial charge in [-0.2, -0.15) is 0 Å². The number of benzene rings is 2. The molecule has 1 amide bonds. The molecule has 0 radical (unpaired) electrons. The van der Waals surface area contributed by atoms with Crippen molar-refractivity contribution < 1.29 is 9.53 Å². The number of fused-ring (bicyclic) bond motifs is 1. The molecule has 0 atom stereocenters. The van der Waals surface area contributed by atoms with Gasteiger partial charge in [0.2, 0.25) is 0 Å². The summed E-state index contributed by atoms with van der Waals surface area (Å²) in [5.41, 5.74) is 4.48. The summed E-state index contributed by atoms with van der Waals surface area (Å²) in [7, 11) is 0. The van der Waals surface area contributed by atoms with E-state index in [9.17, 15) is 4.79 Å². The van der Waals surface area contributed by atoms with Crippen molar-refractivity contribution in [1.82, 2.24) is 5.32 Å². The summed E-state index contributed by atoms with van der Waals surface area (Å²) in [6.45, 7) is 2.95. The van der Waals surface area contributed by atoms with E-state index in [2.05, 4.69) is 17.4 Å².